The molecule has 1 fully saturated rings. The van der Waals surface area contributed by atoms with Gasteiger partial charge in [-0.3, -0.25) is 14.5 Å². The standard InChI is InChI=1S/C23H18BrClN4O6S3/c1-10-27-28-23(38-10)37-9-11-8-36-21-17(20(31)29(21)18(11)22(32)33)26-19(30)16-5-3-13(35-16)7-34-15-4-2-12(24)6-14(15)25/h2-6,17,21H,7-9H2,1H3,(H,26,30)(H,32,33). The first-order chi connectivity index (χ1) is 18.2. The lowest BCUT2D eigenvalue weighted by molar-refractivity contribution is -0.148. The van der Waals surface area contributed by atoms with Crippen molar-refractivity contribution in [3.8, 4) is 5.75 Å². The first-order valence-electron chi connectivity index (χ1n) is 11.0. The number of β-lactam (4-membered cyclic amide) rings is 1. The SMILES string of the molecule is Cc1nnc(SCC2=C(C(=O)O)N3C(=O)C(NC(=O)c4ccc(COc5ccc(Br)cc5Cl)o4)C3SC2)s1. The van der Waals surface area contributed by atoms with Gasteiger partial charge in [0, 0.05) is 16.0 Å². The summed E-state index contributed by atoms with van der Waals surface area (Å²) in [6, 6.07) is 7.41. The zero-order chi connectivity index (χ0) is 27.0. The Morgan fingerprint density at radius 3 is 2.87 bits per heavy atom. The molecule has 2 amide bonds. The van der Waals surface area contributed by atoms with Gasteiger partial charge in [0.2, 0.25) is 0 Å². The normalized spacial score (nSPS) is 18.7. The summed E-state index contributed by atoms with van der Waals surface area (Å²) >= 11 is 13.7. The Balaban J connectivity index is 1.20. The predicted molar refractivity (Wildman–Crippen MR) is 147 cm³/mol. The van der Waals surface area contributed by atoms with E-state index in [1.165, 1.54) is 45.8 Å². The molecule has 2 aliphatic rings. The second kappa shape index (κ2) is 11.3. The van der Waals surface area contributed by atoms with Crippen LogP contribution in [0.4, 0.5) is 0 Å². The Labute approximate surface area is 242 Å². The number of nitrogens with one attached hydrogen (secondary N) is 1. The Morgan fingerprint density at radius 2 is 2.16 bits per heavy atom. The topological polar surface area (TPSA) is 135 Å². The number of aromatic nitrogens is 2. The molecule has 15 heteroatoms. The van der Waals surface area contributed by atoms with Crippen molar-refractivity contribution in [3.63, 3.8) is 0 Å². The number of hydrogen-bond donors (Lipinski definition) is 2. The van der Waals surface area contributed by atoms with Gasteiger partial charge >= 0.3 is 5.97 Å². The number of aryl methyl sites for hydroxylation is 1. The number of hydrogen-bond acceptors (Lipinski definition) is 10. The van der Waals surface area contributed by atoms with Gasteiger partial charge in [0.05, 0.1) is 5.02 Å². The van der Waals surface area contributed by atoms with E-state index in [1.807, 2.05) is 6.92 Å². The van der Waals surface area contributed by atoms with Crippen LogP contribution in [0.2, 0.25) is 5.02 Å². The smallest absolute Gasteiger partial charge is 0.352 e. The molecular formula is C23H18BrClN4O6S3. The summed E-state index contributed by atoms with van der Waals surface area (Å²) in [7, 11) is 0. The highest BCUT2D eigenvalue weighted by Gasteiger charge is 2.54. The summed E-state index contributed by atoms with van der Waals surface area (Å²) in [5, 5.41) is 21.2. The van der Waals surface area contributed by atoms with E-state index in [2.05, 4.69) is 31.4 Å². The van der Waals surface area contributed by atoms with Gasteiger partial charge in [-0.2, -0.15) is 0 Å². The monoisotopic (exact) mass is 656 g/mol. The number of ether oxygens (including phenoxy) is 1. The molecule has 5 rings (SSSR count). The highest BCUT2D eigenvalue weighted by molar-refractivity contribution is 9.10. The van der Waals surface area contributed by atoms with Gasteiger partial charge in [-0.05, 0) is 42.8 Å². The third-order valence-corrected chi connectivity index (χ3v) is 9.75. The molecule has 2 unspecified atom stereocenters. The molecule has 0 radical (unpaired) electrons. The number of rotatable bonds is 9. The lowest BCUT2D eigenvalue weighted by atomic mass is 10.0. The van der Waals surface area contributed by atoms with Gasteiger partial charge in [0.1, 0.15) is 40.2 Å². The van der Waals surface area contributed by atoms with Crippen LogP contribution < -0.4 is 10.1 Å². The van der Waals surface area contributed by atoms with Crippen LogP contribution in [-0.4, -0.2) is 60.9 Å². The number of aliphatic carboxylic acids is 1. The lowest BCUT2D eigenvalue weighted by Crippen LogP contribution is -2.70. The second-order valence-corrected chi connectivity index (χ2v) is 13.0. The number of fused-ring (bicyclic) bond motifs is 1. The van der Waals surface area contributed by atoms with Gasteiger partial charge in [-0.15, -0.1) is 22.0 Å². The summed E-state index contributed by atoms with van der Waals surface area (Å²) in [4.78, 5) is 39.0. The second-order valence-electron chi connectivity index (χ2n) is 8.12. The minimum Gasteiger partial charge on any atom is -0.484 e. The minimum absolute atomic E-state index is 0.0102. The summed E-state index contributed by atoms with van der Waals surface area (Å²) in [6.07, 6.45) is 0. The largest absolute Gasteiger partial charge is 0.484 e. The molecular weight excluding hydrogens is 640 g/mol. The zero-order valence-electron chi connectivity index (χ0n) is 19.5. The number of carbonyl (C=O) groups is 3. The van der Waals surface area contributed by atoms with Crippen LogP contribution >= 0.6 is 62.4 Å². The van der Waals surface area contributed by atoms with E-state index in [0.717, 1.165) is 13.8 Å². The molecule has 0 bridgehead atoms. The van der Waals surface area contributed by atoms with E-state index in [4.69, 9.17) is 20.8 Å². The predicted octanol–water partition coefficient (Wildman–Crippen LogP) is 4.58. The summed E-state index contributed by atoms with van der Waals surface area (Å²) in [5.74, 6) is -0.590. The van der Waals surface area contributed by atoms with Crippen molar-refractivity contribution in [2.24, 2.45) is 0 Å². The molecule has 10 nitrogen and oxygen atoms in total. The van der Waals surface area contributed by atoms with Crippen molar-refractivity contribution in [2.75, 3.05) is 11.5 Å². The number of thioether (sulfide) groups is 2. The van der Waals surface area contributed by atoms with Crippen LogP contribution in [0.5, 0.6) is 5.75 Å². The van der Waals surface area contributed by atoms with Crippen LogP contribution in [0.25, 0.3) is 0 Å². The van der Waals surface area contributed by atoms with Gasteiger partial charge in [-0.25, -0.2) is 4.79 Å². The highest BCUT2D eigenvalue weighted by Crippen LogP contribution is 2.42. The average molecular weight is 658 g/mol. The van der Waals surface area contributed by atoms with E-state index in [1.54, 1.807) is 24.3 Å². The summed E-state index contributed by atoms with van der Waals surface area (Å²) < 4.78 is 12.8. The molecule has 1 aromatic carbocycles. The van der Waals surface area contributed by atoms with E-state index in [0.29, 0.717) is 33.6 Å². The Kier molecular flexibility index (Phi) is 8.05. The molecule has 0 saturated carbocycles. The number of nitrogens with zero attached hydrogens (tertiary/aromatic N) is 3. The number of carbonyl (C=O) groups excluding carboxylic acids is 2. The average Bonchev–Trinajstić information content (AvgIpc) is 3.53. The third kappa shape index (κ3) is 5.59. The minimum atomic E-state index is -1.18. The number of carboxylic acids is 1. The Morgan fingerprint density at radius 1 is 1.34 bits per heavy atom. The Bertz CT molecular complexity index is 1460. The Hall–Kier alpha value is -2.52. The molecule has 2 atom stereocenters. The third-order valence-electron chi connectivity index (χ3n) is 5.56. The molecule has 2 N–H and O–H groups in total. The number of carboxylic acid groups (broad SMARTS) is 1. The molecule has 2 aliphatic heterocycles. The van der Waals surface area contributed by atoms with Gasteiger partial charge in [-0.1, -0.05) is 50.6 Å². The first kappa shape index (κ1) is 27.1. The van der Waals surface area contributed by atoms with Crippen LogP contribution in [0.1, 0.15) is 21.3 Å². The van der Waals surface area contributed by atoms with E-state index in [9.17, 15) is 19.5 Å². The van der Waals surface area contributed by atoms with Gasteiger partial charge < -0.3 is 19.6 Å². The molecule has 0 aliphatic carbocycles. The van der Waals surface area contributed by atoms with Crippen LogP contribution in [0.3, 0.4) is 0 Å². The van der Waals surface area contributed by atoms with E-state index < -0.39 is 29.2 Å². The fraction of sp³-hybridized carbons (Fsp3) is 0.261. The van der Waals surface area contributed by atoms with Crippen molar-refractivity contribution in [2.45, 2.75) is 29.3 Å². The number of amides is 2. The molecule has 198 valence electrons. The van der Waals surface area contributed by atoms with Crippen LogP contribution in [0.15, 0.2) is 54.8 Å². The highest BCUT2D eigenvalue weighted by atomic mass is 79.9. The fourth-order valence-electron chi connectivity index (χ4n) is 3.81. The van der Waals surface area contributed by atoms with E-state index in [-0.39, 0.29) is 18.1 Å². The molecule has 1 saturated heterocycles. The van der Waals surface area contributed by atoms with E-state index >= 15 is 0 Å². The van der Waals surface area contributed by atoms with Gasteiger partial charge in [0.25, 0.3) is 11.8 Å². The molecule has 3 aromatic rings. The van der Waals surface area contributed by atoms with Crippen molar-refractivity contribution in [1.82, 2.24) is 20.4 Å². The fourth-order valence-corrected chi connectivity index (χ4v) is 7.84. The quantitative estimate of drug-likeness (QED) is 0.249. The van der Waals surface area contributed by atoms with Gasteiger partial charge in [0.15, 0.2) is 10.1 Å². The van der Waals surface area contributed by atoms with Crippen LogP contribution in [-0.2, 0) is 16.2 Å². The van der Waals surface area contributed by atoms with Crippen molar-refractivity contribution >= 4 is 80.2 Å². The van der Waals surface area contributed by atoms with Crippen LogP contribution in [0, 0.1) is 6.92 Å². The summed E-state index contributed by atoms with van der Waals surface area (Å²) in [5.41, 5.74) is 0.582. The zero-order valence-corrected chi connectivity index (χ0v) is 24.3. The summed E-state index contributed by atoms with van der Waals surface area (Å²) in [6.45, 7) is 1.89. The number of benzene rings is 1. The molecule has 2 aromatic heterocycles. The molecule has 38 heavy (non-hydrogen) atoms. The van der Waals surface area contributed by atoms with Crippen molar-refractivity contribution in [3.05, 3.63) is 67.6 Å². The number of furan rings is 1. The maximum Gasteiger partial charge on any atom is 0.352 e. The van der Waals surface area contributed by atoms with Crippen molar-refractivity contribution in [1.29, 1.82) is 0 Å². The molecule has 4 heterocycles. The maximum atomic E-state index is 12.9. The lowest BCUT2D eigenvalue weighted by Gasteiger charge is -2.49. The maximum absolute atomic E-state index is 12.9. The van der Waals surface area contributed by atoms with Crippen molar-refractivity contribution < 1.29 is 28.6 Å². The number of halogens is 2. The first-order valence-corrected chi connectivity index (χ1v) is 15.0. The molecule has 0 spiro atoms.